The molecule has 1 rings (SSSR count). The molecule has 0 aromatic carbocycles. The van der Waals surface area contributed by atoms with Crippen molar-refractivity contribution < 1.29 is 14.3 Å². The van der Waals surface area contributed by atoms with Crippen molar-refractivity contribution in [2.75, 3.05) is 6.61 Å². The standard InChI is InChI=1S/C11H12O3S/c1-2-14-11(13)5-3-4-9-6-10(7-12)15-8-9/h3-4,6-8H,2,5H2,1H3. The van der Waals surface area contributed by atoms with Crippen LogP contribution in [0.2, 0.25) is 0 Å². The van der Waals surface area contributed by atoms with Crippen LogP contribution in [0, 0.1) is 0 Å². The van der Waals surface area contributed by atoms with E-state index in [1.807, 2.05) is 5.38 Å². The van der Waals surface area contributed by atoms with Gasteiger partial charge in [-0.15, -0.1) is 11.3 Å². The molecule has 80 valence electrons. The van der Waals surface area contributed by atoms with Crippen molar-refractivity contribution in [1.29, 1.82) is 0 Å². The second-order valence-corrected chi connectivity index (χ2v) is 3.75. The third-order valence-electron chi connectivity index (χ3n) is 1.66. The molecule has 0 saturated carbocycles. The number of aldehydes is 1. The quantitative estimate of drug-likeness (QED) is 0.570. The lowest BCUT2D eigenvalue weighted by Crippen LogP contribution is -2.01. The zero-order valence-corrected chi connectivity index (χ0v) is 9.25. The smallest absolute Gasteiger partial charge is 0.309 e. The first-order valence-corrected chi connectivity index (χ1v) is 5.50. The lowest BCUT2D eigenvalue weighted by molar-refractivity contribution is -0.142. The van der Waals surface area contributed by atoms with Crippen LogP contribution in [-0.4, -0.2) is 18.9 Å². The van der Waals surface area contributed by atoms with Gasteiger partial charge in [0.25, 0.3) is 0 Å². The number of hydrogen-bond acceptors (Lipinski definition) is 4. The Balaban J connectivity index is 2.44. The van der Waals surface area contributed by atoms with Crippen molar-refractivity contribution in [1.82, 2.24) is 0 Å². The van der Waals surface area contributed by atoms with E-state index in [1.54, 1.807) is 25.1 Å². The Bertz CT molecular complexity index is 366. The molecule has 0 aliphatic rings. The molecule has 1 heterocycles. The van der Waals surface area contributed by atoms with Crippen molar-refractivity contribution in [3.63, 3.8) is 0 Å². The van der Waals surface area contributed by atoms with Gasteiger partial charge < -0.3 is 4.74 Å². The van der Waals surface area contributed by atoms with Crippen molar-refractivity contribution in [2.24, 2.45) is 0 Å². The lowest BCUT2D eigenvalue weighted by Gasteiger charge is -1.95. The van der Waals surface area contributed by atoms with Gasteiger partial charge in [-0.2, -0.15) is 0 Å². The highest BCUT2D eigenvalue weighted by atomic mass is 32.1. The Kier molecular flexibility index (Phi) is 4.77. The number of carbonyl (C=O) groups is 2. The van der Waals surface area contributed by atoms with Crippen molar-refractivity contribution >= 4 is 29.7 Å². The minimum Gasteiger partial charge on any atom is -0.466 e. The first-order chi connectivity index (χ1) is 7.26. The summed E-state index contributed by atoms with van der Waals surface area (Å²) >= 11 is 1.38. The predicted molar refractivity (Wildman–Crippen MR) is 60.0 cm³/mol. The van der Waals surface area contributed by atoms with Crippen LogP contribution < -0.4 is 0 Å². The van der Waals surface area contributed by atoms with E-state index in [2.05, 4.69) is 0 Å². The molecule has 0 bridgehead atoms. The van der Waals surface area contributed by atoms with Crippen molar-refractivity contribution in [3.05, 3.63) is 28.0 Å². The minimum absolute atomic E-state index is 0.236. The maximum atomic E-state index is 11.0. The van der Waals surface area contributed by atoms with E-state index in [9.17, 15) is 9.59 Å². The molecular formula is C11H12O3S. The van der Waals surface area contributed by atoms with E-state index in [0.29, 0.717) is 11.5 Å². The molecule has 0 amide bonds. The number of rotatable bonds is 5. The number of carbonyl (C=O) groups excluding carboxylic acids is 2. The predicted octanol–water partition coefficient (Wildman–Crippen LogP) is 2.53. The molecule has 0 aliphatic heterocycles. The third kappa shape index (κ3) is 4.08. The second kappa shape index (κ2) is 6.14. The van der Waals surface area contributed by atoms with Gasteiger partial charge in [0, 0.05) is 0 Å². The van der Waals surface area contributed by atoms with Gasteiger partial charge in [0.15, 0.2) is 6.29 Å². The molecule has 0 aliphatic carbocycles. The maximum Gasteiger partial charge on any atom is 0.309 e. The van der Waals surface area contributed by atoms with Crippen molar-refractivity contribution in [2.45, 2.75) is 13.3 Å². The van der Waals surface area contributed by atoms with Gasteiger partial charge in [-0.1, -0.05) is 12.2 Å². The monoisotopic (exact) mass is 224 g/mol. The zero-order chi connectivity index (χ0) is 11.1. The van der Waals surface area contributed by atoms with E-state index in [-0.39, 0.29) is 12.4 Å². The highest BCUT2D eigenvalue weighted by Crippen LogP contribution is 2.14. The number of esters is 1. The summed E-state index contributed by atoms with van der Waals surface area (Å²) < 4.78 is 4.76. The fourth-order valence-corrected chi connectivity index (χ4v) is 1.71. The summed E-state index contributed by atoms with van der Waals surface area (Å²) in [4.78, 5) is 22.1. The second-order valence-electron chi connectivity index (χ2n) is 2.81. The van der Waals surface area contributed by atoms with Crippen LogP contribution in [0.3, 0.4) is 0 Å². The fourth-order valence-electron chi connectivity index (χ4n) is 1.03. The molecule has 0 fully saturated rings. The number of hydrogen-bond donors (Lipinski definition) is 0. The number of thiophene rings is 1. The molecule has 15 heavy (non-hydrogen) atoms. The molecule has 0 spiro atoms. The molecule has 4 heteroatoms. The largest absolute Gasteiger partial charge is 0.466 e. The van der Waals surface area contributed by atoms with Gasteiger partial charge in [-0.3, -0.25) is 9.59 Å². The molecule has 0 saturated heterocycles. The Morgan fingerprint density at radius 3 is 3.00 bits per heavy atom. The SMILES string of the molecule is CCOC(=O)CC=Cc1csc(C=O)c1. The van der Waals surface area contributed by atoms with Gasteiger partial charge in [-0.25, -0.2) is 0 Å². The van der Waals surface area contributed by atoms with Crippen LogP contribution in [0.4, 0.5) is 0 Å². The molecule has 1 aromatic rings. The summed E-state index contributed by atoms with van der Waals surface area (Å²) in [5, 5.41) is 1.87. The first-order valence-electron chi connectivity index (χ1n) is 4.62. The van der Waals surface area contributed by atoms with Crippen LogP contribution in [0.5, 0.6) is 0 Å². The van der Waals surface area contributed by atoms with E-state index in [4.69, 9.17) is 4.74 Å². The van der Waals surface area contributed by atoms with E-state index in [1.165, 1.54) is 11.3 Å². The normalized spacial score (nSPS) is 10.5. The van der Waals surface area contributed by atoms with Gasteiger partial charge in [0.1, 0.15) is 0 Å². The number of ether oxygens (including phenoxy) is 1. The maximum absolute atomic E-state index is 11.0. The molecule has 3 nitrogen and oxygen atoms in total. The molecule has 0 atom stereocenters. The van der Waals surface area contributed by atoms with Crippen LogP contribution in [0.1, 0.15) is 28.6 Å². The highest BCUT2D eigenvalue weighted by Gasteiger charge is 1.97. The molecular weight excluding hydrogens is 212 g/mol. The summed E-state index contributed by atoms with van der Waals surface area (Å²) in [6, 6.07) is 1.78. The fraction of sp³-hybridized carbons (Fsp3) is 0.273. The zero-order valence-electron chi connectivity index (χ0n) is 8.43. The minimum atomic E-state index is -0.236. The van der Waals surface area contributed by atoms with Crippen LogP contribution in [0.25, 0.3) is 6.08 Å². The summed E-state index contributed by atoms with van der Waals surface area (Å²) in [5.74, 6) is -0.236. The van der Waals surface area contributed by atoms with Crippen LogP contribution >= 0.6 is 11.3 Å². The molecule has 0 radical (unpaired) electrons. The van der Waals surface area contributed by atoms with E-state index >= 15 is 0 Å². The summed E-state index contributed by atoms with van der Waals surface area (Å²) in [7, 11) is 0. The third-order valence-corrected chi connectivity index (χ3v) is 2.53. The summed E-state index contributed by atoms with van der Waals surface area (Å²) in [5.41, 5.74) is 0.936. The molecule has 0 unspecified atom stereocenters. The summed E-state index contributed by atoms with van der Waals surface area (Å²) in [6.07, 6.45) is 4.61. The van der Waals surface area contributed by atoms with Crippen LogP contribution in [0.15, 0.2) is 17.5 Å². The van der Waals surface area contributed by atoms with Gasteiger partial charge in [0.05, 0.1) is 17.9 Å². The molecule has 1 aromatic heterocycles. The molecule has 0 N–H and O–H groups in total. The van der Waals surface area contributed by atoms with Gasteiger partial charge in [0.2, 0.25) is 0 Å². The lowest BCUT2D eigenvalue weighted by atomic mass is 10.2. The van der Waals surface area contributed by atoms with Gasteiger partial charge in [-0.05, 0) is 23.9 Å². The van der Waals surface area contributed by atoms with E-state index < -0.39 is 0 Å². The Hall–Kier alpha value is -1.42. The van der Waals surface area contributed by atoms with Crippen LogP contribution in [-0.2, 0) is 9.53 Å². The average Bonchev–Trinajstić information content (AvgIpc) is 2.66. The van der Waals surface area contributed by atoms with Crippen molar-refractivity contribution in [3.8, 4) is 0 Å². The Labute approximate surface area is 92.4 Å². The Morgan fingerprint density at radius 2 is 2.40 bits per heavy atom. The first kappa shape index (κ1) is 11.7. The topological polar surface area (TPSA) is 43.4 Å². The van der Waals surface area contributed by atoms with E-state index in [0.717, 1.165) is 11.8 Å². The highest BCUT2D eigenvalue weighted by molar-refractivity contribution is 7.11. The van der Waals surface area contributed by atoms with Gasteiger partial charge >= 0.3 is 5.97 Å². The average molecular weight is 224 g/mol. The summed E-state index contributed by atoms with van der Waals surface area (Å²) in [6.45, 7) is 2.18. The Morgan fingerprint density at radius 1 is 1.60 bits per heavy atom.